The number of hydrogen-bond donors (Lipinski definition) is 2. The van der Waals surface area contributed by atoms with E-state index in [9.17, 15) is 0 Å². The Bertz CT molecular complexity index is 132. The monoisotopic (exact) mass is 158 g/mol. The first-order chi connectivity index (χ1) is 5.15. The van der Waals surface area contributed by atoms with Gasteiger partial charge in [0, 0.05) is 6.92 Å². The molecular formula is C8H14O3. The molecule has 0 radical (unpaired) electrons. The topological polar surface area (TPSA) is 57.5 Å². The largest absolute Gasteiger partial charge is 0.481 e. The summed E-state index contributed by atoms with van der Waals surface area (Å²) in [5.41, 5.74) is 0. The van der Waals surface area contributed by atoms with Crippen LogP contribution in [0.4, 0.5) is 0 Å². The Kier molecular flexibility index (Phi) is 13.3. The molecule has 0 aliphatic rings. The second-order valence-corrected chi connectivity index (χ2v) is 1.66. The van der Waals surface area contributed by atoms with Gasteiger partial charge in [0.2, 0.25) is 0 Å². The van der Waals surface area contributed by atoms with Gasteiger partial charge in [0.1, 0.15) is 0 Å². The van der Waals surface area contributed by atoms with Gasteiger partial charge in [-0.25, -0.2) is 0 Å². The third-order valence-corrected chi connectivity index (χ3v) is 0.545. The Morgan fingerprint density at radius 1 is 1.45 bits per heavy atom. The molecule has 0 amide bonds. The summed E-state index contributed by atoms with van der Waals surface area (Å²) in [7, 11) is 0. The lowest BCUT2D eigenvalue weighted by Crippen LogP contribution is -1.78. The third-order valence-electron chi connectivity index (χ3n) is 0.545. The summed E-state index contributed by atoms with van der Waals surface area (Å²) in [5.74, 6) is -0.833. The number of carboxylic acids is 1. The predicted molar refractivity (Wildman–Crippen MR) is 44.3 cm³/mol. The lowest BCUT2D eigenvalue weighted by Gasteiger charge is -1.70. The molecule has 0 atom stereocenters. The van der Waals surface area contributed by atoms with Crippen LogP contribution in [0.25, 0.3) is 0 Å². The van der Waals surface area contributed by atoms with Crippen LogP contribution in [0.1, 0.15) is 13.8 Å². The first-order valence-electron chi connectivity index (χ1n) is 3.23. The van der Waals surface area contributed by atoms with Gasteiger partial charge >= 0.3 is 0 Å². The van der Waals surface area contributed by atoms with Crippen LogP contribution < -0.4 is 0 Å². The standard InChI is InChI=1S/C6H10O.C2H4O2/c1-2-3-4-5-6-7;1-2(3)4/h2-5,7H,6H2,1H3;1H3,(H,3,4)/b3-2+,5-4+;. The van der Waals surface area contributed by atoms with E-state index in [0.717, 1.165) is 6.92 Å². The van der Waals surface area contributed by atoms with Gasteiger partial charge in [0.05, 0.1) is 6.61 Å². The van der Waals surface area contributed by atoms with Crippen LogP contribution in [0.3, 0.4) is 0 Å². The number of aliphatic carboxylic acids is 1. The van der Waals surface area contributed by atoms with Crippen LogP contribution in [0, 0.1) is 0 Å². The molecule has 0 aliphatic carbocycles. The van der Waals surface area contributed by atoms with E-state index in [2.05, 4.69) is 0 Å². The SMILES string of the molecule is C/C=C/C=C/CO.CC(=O)O. The van der Waals surface area contributed by atoms with Gasteiger partial charge < -0.3 is 10.2 Å². The van der Waals surface area contributed by atoms with Gasteiger partial charge in [-0.1, -0.05) is 24.3 Å². The van der Waals surface area contributed by atoms with Gasteiger partial charge in [-0.2, -0.15) is 0 Å². The molecule has 0 bridgehead atoms. The van der Waals surface area contributed by atoms with Crippen LogP contribution in [0.2, 0.25) is 0 Å². The van der Waals surface area contributed by atoms with Crippen molar-refractivity contribution >= 4 is 5.97 Å². The maximum Gasteiger partial charge on any atom is 0.300 e. The summed E-state index contributed by atoms with van der Waals surface area (Å²) < 4.78 is 0. The minimum Gasteiger partial charge on any atom is -0.481 e. The summed E-state index contributed by atoms with van der Waals surface area (Å²) in [4.78, 5) is 9.00. The van der Waals surface area contributed by atoms with E-state index in [1.807, 2.05) is 19.1 Å². The van der Waals surface area contributed by atoms with Crippen LogP contribution >= 0.6 is 0 Å². The van der Waals surface area contributed by atoms with Crippen molar-refractivity contribution in [2.45, 2.75) is 13.8 Å². The van der Waals surface area contributed by atoms with Gasteiger partial charge in [0.25, 0.3) is 5.97 Å². The Balaban J connectivity index is 0. The smallest absolute Gasteiger partial charge is 0.300 e. The fraction of sp³-hybridized carbons (Fsp3) is 0.375. The number of carbonyl (C=O) groups is 1. The fourth-order valence-electron chi connectivity index (χ4n) is 0.251. The second-order valence-electron chi connectivity index (χ2n) is 1.66. The van der Waals surface area contributed by atoms with E-state index in [-0.39, 0.29) is 6.61 Å². The number of aliphatic hydroxyl groups excluding tert-OH is 1. The minimum atomic E-state index is -0.833. The molecule has 0 unspecified atom stereocenters. The second kappa shape index (κ2) is 11.7. The number of aliphatic hydroxyl groups is 1. The maximum absolute atomic E-state index is 9.00. The lowest BCUT2D eigenvalue weighted by molar-refractivity contribution is -0.134. The maximum atomic E-state index is 9.00. The number of carboxylic acid groups (broad SMARTS) is 1. The number of rotatable bonds is 2. The third kappa shape index (κ3) is 50.2. The molecule has 0 aromatic rings. The van der Waals surface area contributed by atoms with Crippen LogP contribution in [-0.2, 0) is 4.79 Å². The molecule has 0 aliphatic heterocycles. The molecule has 0 saturated carbocycles. The number of allylic oxidation sites excluding steroid dienone is 3. The highest BCUT2D eigenvalue weighted by Crippen LogP contribution is 1.72. The average Bonchev–Trinajstić information content (AvgIpc) is 1.88. The molecule has 0 aromatic carbocycles. The molecule has 0 heterocycles. The zero-order valence-corrected chi connectivity index (χ0v) is 6.82. The van der Waals surface area contributed by atoms with Crippen molar-refractivity contribution in [3.8, 4) is 0 Å². The zero-order chi connectivity index (χ0) is 9.11. The Labute approximate surface area is 66.7 Å². The van der Waals surface area contributed by atoms with E-state index in [4.69, 9.17) is 15.0 Å². The van der Waals surface area contributed by atoms with Crippen LogP contribution in [0.15, 0.2) is 24.3 Å². The molecule has 2 N–H and O–H groups in total. The van der Waals surface area contributed by atoms with Crippen molar-refractivity contribution < 1.29 is 15.0 Å². The molecule has 0 rings (SSSR count). The summed E-state index contributed by atoms with van der Waals surface area (Å²) in [6.45, 7) is 3.14. The van der Waals surface area contributed by atoms with Crippen LogP contribution in [0.5, 0.6) is 0 Å². The normalized spacial score (nSPS) is 9.73. The molecule has 64 valence electrons. The Morgan fingerprint density at radius 2 is 1.91 bits per heavy atom. The van der Waals surface area contributed by atoms with E-state index < -0.39 is 5.97 Å². The zero-order valence-electron chi connectivity index (χ0n) is 6.82. The summed E-state index contributed by atoms with van der Waals surface area (Å²) >= 11 is 0. The van der Waals surface area contributed by atoms with Crippen molar-refractivity contribution in [2.24, 2.45) is 0 Å². The average molecular weight is 158 g/mol. The van der Waals surface area contributed by atoms with Crippen molar-refractivity contribution in [3.05, 3.63) is 24.3 Å². The molecule has 0 saturated heterocycles. The highest BCUT2D eigenvalue weighted by atomic mass is 16.4. The van der Waals surface area contributed by atoms with E-state index >= 15 is 0 Å². The van der Waals surface area contributed by atoms with Crippen molar-refractivity contribution in [1.82, 2.24) is 0 Å². The van der Waals surface area contributed by atoms with Crippen LogP contribution in [-0.4, -0.2) is 22.8 Å². The van der Waals surface area contributed by atoms with Gasteiger partial charge in [-0.15, -0.1) is 0 Å². The molecular weight excluding hydrogens is 144 g/mol. The molecule has 0 aromatic heterocycles. The van der Waals surface area contributed by atoms with Crippen molar-refractivity contribution in [1.29, 1.82) is 0 Å². The van der Waals surface area contributed by atoms with Gasteiger partial charge in [-0.3, -0.25) is 4.79 Å². The Morgan fingerprint density at radius 3 is 2.18 bits per heavy atom. The van der Waals surface area contributed by atoms with E-state index in [0.29, 0.717) is 0 Å². The van der Waals surface area contributed by atoms with E-state index in [1.54, 1.807) is 12.2 Å². The first kappa shape index (κ1) is 12.6. The quantitative estimate of drug-likeness (QED) is 0.594. The Hall–Kier alpha value is -1.09. The molecule has 0 spiro atoms. The highest BCUT2D eigenvalue weighted by molar-refractivity contribution is 5.62. The summed E-state index contributed by atoms with van der Waals surface area (Å²) in [6, 6.07) is 0. The fourth-order valence-corrected chi connectivity index (χ4v) is 0.251. The van der Waals surface area contributed by atoms with Crippen molar-refractivity contribution in [2.75, 3.05) is 6.61 Å². The molecule has 3 heteroatoms. The lowest BCUT2D eigenvalue weighted by atomic mass is 10.4. The minimum absolute atomic E-state index is 0.129. The van der Waals surface area contributed by atoms with Gasteiger partial charge in [-0.05, 0) is 6.92 Å². The first-order valence-corrected chi connectivity index (χ1v) is 3.23. The van der Waals surface area contributed by atoms with Gasteiger partial charge in [0.15, 0.2) is 0 Å². The highest BCUT2D eigenvalue weighted by Gasteiger charge is 1.65. The number of hydrogen-bond acceptors (Lipinski definition) is 2. The summed E-state index contributed by atoms with van der Waals surface area (Å²) in [6.07, 6.45) is 7.27. The molecule has 3 nitrogen and oxygen atoms in total. The summed E-state index contributed by atoms with van der Waals surface area (Å²) in [5, 5.41) is 15.6. The van der Waals surface area contributed by atoms with Crippen molar-refractivity contribution in [3.63, 3.8) is 0 Å². The molecule has 11 heavy (non-hydrogen) atoms. The van der Waals surface area contributed by atoms with E-state index in [1.165, 1.54) is 0 Å². The predicted octanol–water partition coefficient (Wildman–Crippen LogP) is 1.20. The molecule has 0 fully saturated rings.